The minimum atomic E-state index is -1.10. The number of aliphatic carboxylic acids is 1. The monoisotopic (exact) mass is 447 g/mol. The lowest BCUT2D eigenvalue weighted by molar-refractivity contribution is -0.153. The first-order chi connectivity index (χ1) is 14.8. The maximum Gasteiger partial charge on any atom is 0.327 e. The van der Waals surface area contributed by atoms with Crippen molar-refractivity contribution in [1.82, 2.24) is 10.6 Å². The highest BCUT2D eigenvalue weighted by Crippen LogP contribution is 2.33. The number of benzene rings is 1. The number of hydrogen-bond acceptors (Lipinski definition) is 6. The molecule has 1 aromatic rings. The van der Waals surface area contributed by atoms with Gasteiger partial charge in [0.2, 0.25) is 5.91 Å². The second-order valence-corrected chi connectivity index (χ2v) is 9.31. The molecule has 1 aliphatic heterocycles. The minimum absolute atomic E-state index is 0.160. The molecule has 0 spiro atoms. The maximum atomic E-state index is 13.4. The molecule has 32 heavy (non-hydrogen) atoms. The highest BCUT2D eigenvalue weighted by Gasteiger charge is 2.42. The zero-order valence-corrected chi connectivity index (χ0v) is 19.5. The van der Waals surface area contributed by atoms with Gasteiger partial charge in [0.25, 0.3) is 5.91 Å². The van der Waals surface area contributed by atoms with Crippen LogP contribution in [0.5, 0.6) is 0 Å². The van der Waals surface area contributed by atoms with Crippen LogP contribution in [0.1, 0.15) is 47.1 Å². The van der Waals surface area contributed by atoms with Crippen molar-refractivity contribution in [2.24, 2.45) is 5.92 Å². The third-order valence-electron chi connectivity index (χ3n) is 5.09. The van der Waals surface area contributed by atoms with E-state index in [-0.39, 0.29) is 18.9 Å². The smallest absolute Gasteiger partial charge is 0.327 e. The van der Waals surface area contributed by atoms with Gasteiger partial charge >= 0.3 is 11.9 Å². The molecule has 0 aromatic heterocycles. The summed E-state index contributed by atoms with van der Waals surface area (Å²) in [7, 11) is 0. The molecule has 9 nitrogen and oxygen atoms in total. The van der Waals surface area contributed by atoms with Gasteiger partial charge in [-0.1, -0.05) is 32.0 Å². The zero-order valence-electron chi connectivity index (χ0n) is 19.5. The van der Waals surface area contributed by atoms with Crippen molar-refractivity contribution in [2.45, 2.75) is 71.7 Å². The van der Waals surface area contributed by atoms with E-state index in [1.807, 2.05) is 0 Å². The number of carboxylic acids is 1. The molecule has 0 radical (unpaired) electrons. The molecule has 1 heterocycles. The van der Waals surface area contributed by atoms with Gasteiger partial charge in [0.05, 0.1) is 12.6 Å². The summed E-state index contributed by atoms with van der Waals surface area (Å²) in [5.74, 6) is -2.83. The number of anilines is 1. The molecular weight excluding hydrogens is 414 g/mol. The van der Waals surface area contributed by atoms with Gasteiger partial charge in [0, 0.05) is 12.1 Å². The molecule has 3 atom stereocenters. The van der Waals surface area contributed by atoms with E-state index in [1.165, 1.54) is 4.90 Å². The van der Waals surface area contributed by atoms with Crippen molar-refractivity contribution in [3.05, 3.63) is 29.8 Å². The first-order valence-corrected chi connectivity index (χ1v) is 10.7. The molecule has 1 unspecified atom stereocenters. The standard InChI is InChI=1S/C23H33N3O6/c1-13(2)19(25-20(28)14(3)24-12-18(27)32-23(4,5)6)21(29)26-16-10-8-7-9-15(16)11-17(26)22(30)31/h7-10,13-14,17,19,24H,11-12H2,1-6H3,(H,25,28)(H,30,31)/t14-,17?,19-/m0/s1. The lowest BCUT2D eigenvalue weighted by atomic mass is 10.0. The number of esters is 1. The number of para-hydroxylation sites is 1. The van der Waals surface area contributed by atoms with Crippen LogP contribution in [0.3, 0.4) is 0 Å². The molecule has 0 saturated heterocycles. The van der Waals surface area contributed by atoms with Crippen molar-refractivity contribution in [2.75, 3.05) is 11.4 Å². The normalized spacial score (nSPS) is 17.5. The largest absolute Gasteiger partial charge is 0.480 e. The number of carbonyl (C=O) groups is 4. The Hall–Kier alpha value is -2.94. The molecule has 0 fully saturated rings. The number of carboxylic acid groups (broad SMARTS) is 1. The molecule has 2 amide bonds. The molecule has 0 aliphatic carbocycles. The van der Waals surface area contributed by atoms with Crippen molar-refractivity contribution in [3.8, 4) is 0 Å². The Kier molecular flexibility index (Phi) is 8.01. The van der Waals surface area contributed by atoms with Gasteiger partial charge < -0.3 is 15.2 Å². The van der Waals surface area contributed by atoms with Crippen molar-refractivity contribution in [3.63, 3.8) is 0 Å². The predicted molar refractivity (Wildman–Crippen MR) is 119 cm³/mol. The average Bonchev–Trinajstić information content (AvgIpc) is 3.08. The van der Waals surface area contributed by atoms with Crippen LogP contribution < -0.4 is 15.5 Å². The first-order valence-electron chi connectivity index (χ1n) is 10.7. The number of nitrogens with zero attached hydrogens (tertiary/aromatic N) is 1. The van der Waals surface area contributed by atoms with Gasteiger partial charge in [-0.25, -0.2) is 4.79 Å². The van der Waals surface area contributed by atoms with Gasteiger partial charge in [-0.15, -0.1) is 0 Å². The van der Waals surface area contributed by atoms with Crippen LogP contribution in [0.2, 0.25) is 0 Å². The lowest BCUT2D eigenvalue weighted by Gasteiger charge is -2.30. The summed E-state index contributed by atoms with van der Waals surface area (Å²) in [6.07, 6.45) is 0.212. The number of hydrogen-bond donors (Lipinski definition) is 3. The third kappa shape index (κ3) is 6.29. The molecular formula is C23H33N3O6. The molecule has 176 valence electrons. The summed E-state index contributed by atoms with van der Waals surface area (Å²) in [4.78, 5) is 51.1. The number of carbonyl (C=O) groups excluding carboxylic acids is 3. The molecule has 0 bridgehead atoms. The van der Waals surface area contributed by atoms with E-state index >= 15 is 0 Å². The fourth-order valence-electron chi connectivity index (χ4n) is 3.50. The van der Waals surface area contributed by atoms with E-state index in [4.69, 9.17) is 4.74 Å². The van der Waals surface area contributed by atoms with E-state index in [9.17, 15) is 24.3 Å². The van der Waals surface area contributed by atoms with Gasteiger partial charge in [-0.05, 0) is 45.2 Å². The van der Waals surface area contributed by atoms with Crippen LogP contribution in [0.4, 0.5) is 5.69 Å². The molecule has 0 saturated carbocycles. The average molecular weight is 448 g/mol. The topological polar surface area (TPSA) is 125 Å². The highest BCUT2D eigenvalue weighted by molar-refractivity contribution is 6.05. The van der Waals surface area contributed by atoms with Gasteiger partial charge in [0.15, 0.2) is 0 Å². The number of ether oxygens (including phenoxy) is 1. The second kappa shape index (κ2) is 10.1. The minimum Gasteiger partial charge on any atom is -0.480 e. The van der Waals surface area contributed by atoms with Crippen molar-refractivity contribution >= 4 is 29.4 Å². The Morgan fingerprint density at radius 1 is 1.16 bits per heavy atom. The van der Waals surface area contributed by atoms with E-state index in [2.05, 4.69) is 10.6 Å². The van der Waals surface area contributed by atoms with Crippen LogP contribution in [-0.4, -0.2) is 59.1 Å². The maximum absolute atomic E-state index is 13.4. The number of nitrogens with one attached hydrogen (secondary N) is 2. The lowest BCUT2D eigenvalue weighted by Crippen LogP contribution is -2.57. The third-order valence-corrected chi connectivity index (χ3v) is 5.09. The summed E-state index contributed by atoms with van der Waals surface area (Å²) in [5, 5.41) is 15.2. The summed E-state index contributed by atoms with van der Waals surface area (Å²) in [6, 6.07) is 4.32. The Morgan fingerprint density at radius 3 is 2.34 bits per heavy atom. The molecule has 3 N–H and O–H groups in total. The molecule has 1 aromatic carbocycles. The molecule has 1 aliphatic rings. The van der Waals surface area contributed by atoms with Gasteiger partial charge in [0.1, 0.15) is 17.7 Å². The summed E-state index contributed by atoms with van der Waals surface area (Å²) >= 11 is 0. The van der Waals surface area contributed by atoms with Crippen molar-refractivity contribution < 1.29 is 29.0 Å². The SMILES string of the molecule is CC(C)[C@H](NC(=O)[C@H](C)NCC(=O)OC(C)(C)C)C(=O)N1c2ccccc2CC1C(=O)O. The van der Waals surface area contributed by atoms with E-state index in [1.54, 1.807) is 65.8 Å². The zero-order chi connectivity index (χ0) is 24.2. The Labute approximate surface area is 188 Å². The van der Waals surface area contributed by atoms with Crippen LogP contribution in [0.25, 0.3) is 0 Å². The number of rotatable bonds is 8. The second-order valence-electron chi connectivity index (χ2n) is 9.31. The van der Waals surface area contributed by atoms with E-state index in [0.29, 0.717) is 5.69 Å². The Morgan fingerprint density at radius 2 is 1.78 bits per heavy atom. The van der Waals surface area contributed by atoms with Crippen LogP contribution in [0.15, 0.2) is 24.3 Å². The van der Waals surface area contributed by atoms with Gasteiger partial charge in [-0.3, -0.25) is 24.6 Å². The fourth-order valence-corrected chi connectivity index (χ4v) is 3.50. The highest BCUT2D eigenvalue weighted by atomic mass is 16.6. The summed E-state index contributed by atoms with van der Waals surface area (Å²) in [6.45, 7) is 10.2. The first kappa shape index (κ1) is 25.3. The Bertz CT molecular complexity index is 877. The summed E-state index contributed by atoms with van der Waals surface area (Å²) < 4.78 is 5.21. The van der Waals surface area contributed by atoms with E-state index < -0.39 is 47.5 Å². The molecule has 9 heteroatoms. The predicted octanol–water partition coefficient (Wildman–Crippen LogP) is 1.49. The number of fused-ring (bicyclic) bond motifs is 1. The summed E-state index contributed by atoms with van der Waals surface area (Å²) in [5.41, 5.74) is 0.682. The number of amides is 2. The Balaban J connectivity index is 2.11. The van der Waals surface area contributed by atoms with Gasteiger partial charge in [-0.2, -0.15) is 0 Å². The van der Waals surface area contributed by atoms with E-state index in [0.717, 1.165) is 5.56 Å². The van der Waals surface area contributed by atoms with Crippen LogP contribution in [0, 0.1) is 5.92 Å². The molecule has 2 rings (SSSR count). The quantitative estimate of drug-likeness (QED) is 0.516. The fraction of sp³-hybridized carbons (Fsp3) is 0.565. The van der Waals surface area contributed by atoms with Crippen LogP contribution in [-0.2, 0) is 30.3 Å². The van der Waals surface area contributed by atoms with Crippen molar-refractivity contribution in [1.29, 1.82) is 0 Å². The van der Waals surface area contributed by atoms with Crippen LogP contribution >= 0.6 is 0 Å².